The minimum absolute atomic E-state index is 0.877. The lowest BCUT2D eigenvalue weighted by atomic mass is 10.0. The quantitative estimate of drug-likeness (QED) is 0.275. The van der Waals surface area contributed by atoms with Crippen LogP contribution in [-0.2, 0) is 8.23 Å². The molecular weight excluding hydrogens is 497 g/mol. The van der Waals surface area contributed by atoms with Crippen LogP contribution in [0, 0.1) is 13.8 Å². The molecule has 0 fully saturated rings. The number of benzene rings is 3. The van der Waals surface area contributed by atoms with Gasteiger partial charge < -0.3 is 17.7 Å². The predicted octanol–water partition coefficient (Wildman–Crippen LogP) is 7.66. The van der Waals surface area contributed by atoms with Crippen molar-refractivity contribution in [3.8, 4) is 22.6 Å². The Bertz CT molecular complexity index is 1100. The highest BCUT2D eigenvalue weighted by molar-refractivity contribution is 6.94. The molecule has 7 heteroatoms. The Hall–Kier alpha value is -2.17. The number of hydrogen-bond acceptors (Lipinski definition) is 4. The van der Waals surface area contributed by atoms with E-state index in [1.807, 2.05) is 30.3 Å². The van der Waals surface area contributed by atoms with E-state index < -0.39 is 25.2 Å². The fraction of sp³-hybridized carbons (Fsp3) is 0.379. The van der Waals surface area contributed by atoms with Gasteiger partial charge in [0.15, 0.2) is 16.6 Å². The summed E-state index contributed by atoms with van der Waals surface area (Å²) in [6.45, 7) is 19.7. The second-order valence-corrected chi connectivity index (χ2v) is 23.8. The normalized spacial score (nSPS) is 12.0. The van der Waals surface area contributed by atoms with Crippen LogP contribution in [0.4, 0.5) is 0 Å². The van der Waals surface area contributed by atoms with Crippen LogP contribution in [0.2, 0.25) is 45.8 Å². The van der Waals surface area contributed by atoms with Crippen LogP contribution in [0.25, 0.3) is 11.1 Å². The molecule has 0 aliphatic carbocycles. The first-order valence-electron chi connectivity index (χ1n) is 12.4. The van der Waals surface area contributed by atoms with E-state index >= 15 is 0 Å². The first-order chi connectivity index (χ1) is 16.6. The van der Waals surface area contributed by atoms with E-state index in [2.05, 4.69) is 96.1 Å². The van der Waals surface area contributed by atoms with Gasteiger partial charge in [0.1, 0.15) is 11.5 Å². The molecule has 0 aliphatic heterocycles. The lowest BCUT2D eigenvalue weighted by molar-refractivity contribution is 0.401. The molecular formula is C29H44O4Si3. The van der Waals surface area contributed by atoms with E-state index in [0.29, 0.717) is 0 Å². The Balaban J connectivity index is 0.000000267. The Kier molecular flexibility index (Phi) is 10.3. The smallest absolute Gasteiger partial charge is 0.348 e. The summed E-state index contributed by atoms with van der Waals surface area (Å²) in [7, 11) is -2.43. The molecule has 0 amide bonds. The molecule has 0 saturated heterocycles. The summed E-state index contributed by atoms with van der Waals surface area (Å²) in [5.41, 5.74) is 4.82. The zero-order chi connectivity index (χ0) is 27.1. The van der Waals surface area contributed by atoms with Crippen molar-refractivity contribution in [1.82, 2.24) is 0 Å². The molecule has 0 N–H and O–H groups in total. The van der Waals surface area contributed by atoms with Gasteiger partial charge in [-0.15, -0.1) is 0 Å². The van der Waals surface area contributed by atoms with E-state index in [9.17, 15) is 0 Å². The van der Waals surface area contributed by atoms with Crippen LogP contribution >= 0.6 is 0 Å². The largest absolute Gasteiger partial charge is 0.497 e. The molecule has 0 radical (unpaired) electrons. The van der Waals surface area contributed by atoms with Crippen molar-refractivity contribution in [3.63, 3.8) is 0 Å². The monoisotopic (exact) mass is 540 g/mol. The van der Waals surface area contributed by atoms with E-state index in [0.717, 1.165) is 11.5 Å². The maximum atomic E-state index is 6.58. The fourth-order valence-corrected chi connectivity index (χ4v) is 15.8. The third-order valence-electron chi connectivity index (χ3n) is 5.21. The van der Waals surface area contributed by atoms with Crippen molar-refractivity contribution in [3.05, 3.63) is 77.9 Å². The second-order valence-electron chi connectivity index (χ2n) is 11.2. The molecule has 3 aromatic carbocycles. The number of hydrogen-bond donors (Lipinski definition) is 0. The summed E-state index contributed by atoms with van der Waals surface area (Å²) in [6, 6.07) is 22.9. The van der Waals surface area contributed by atoms with Crippen molar-refractivity contribution in [2.75, 3.05) is 14.2 Å². The second kappa shape index (κ2) is 12.4. The standard InChI is InChI=1S/C15H30O3Si3.C14H14O/c1-13-10-14(16-2)12-15(11-13)21(9,17-19(3,4)5)18-20(6,7)8;1-11-8-13(10-14(9-11)15-2)12-6-4-3-5-7-12/h10-12H,1-9H3;3-10H,1-2H3. The van der Waals surface area contributed by atoms with Crippen LogP contribution in [-0.4, -0.2) is 39.4 Å². The van der Waals surface area contributed by atoms with E-state index in [4.69, 9.17) is 17.7 Å². The maximum Gasteiger partial charge on any atom is 0.348 e. The molecule has 3 rings (SSSR count). The molecule has 4 nitrogen and oxygen atoms in total. The molecule has 196 valence electrons. The molecule has 0 saturated carbocycles. The van der Waals surface area contributed by atoms with E-state index in [1.54, 1.807) is 14.2 Å². The highest BCUT2D eigenvalue weighted by Gasteiger charge is 2.42. The molecule has 0 heterocycles. The number of rotatable bonds is 8. The molecule has 0 aromatic heterocycles. The van der Waals surface area contributed by atoms with Gasteiger partial charge >= 0.3 is 8.56 Å². The highest BCUT2D eigenvalue weighted by atomic mass is 28.5. The lowest BCUT2D eigenvalue weighted by Gasteiger charge is -2.38. The first-order valence-corrected chi connectivity index (χ1v) is 21.5. The van der Waals surface area contributed by atoms with Gasteiger partial charge in [0.05, 0.1) is 14.2 Å². The Morgan fingerprint density at radius 1 is 0.528 bits per heavy atom. The topological polar surface area (TPSA) is 36.9 Å². The minimum atomic E-state index is -2.43. The van der Waals surface area contributed by atoms with Crippen LogP contribution in [0.5, 0.6) is 11.5 Å². The first kappa shape index (κ1) is 30.1. The number of methoxy groups -OCH3 is 2. The number of ether oxygens (including phenoxy) is 2. The lowest BCUT2D eigenvalue weighted by Crippen LogP contribution is -2.60. The zero-order valence-electron chi connectivity index (χ0n) is 24.0. The summed E-state index contributed by atoms with van der Waals surface area (Å²) < 4.78 is 23.8. The summed E-state index contributed by atoms with van der Waals surface area (Å²) in [6.07, 6.45) is 0. The van der Waals surface area contributed by atoms with Crippen LogP contribution in [0.1, 0.15) is 11.1 Å². The molecule has 0 spiro atoms. The van der Waals surface area contributed by atoms with Crippen molar-refractivity contribution in [2.45, 2.75) is 59.7 Å². The van der Waals surface area contributed by atoms with Gasteiger partial charge in [0.2, 0.25) is 0 Å². The average Bonchev–Trinajstić information content (AvgIpc) is 2.76. The van der Waals surface area contributed by atoms with Crippen LogP contribution < -0.4 is 14.7 Å². The van der Waals surface area contributed by atoms with Crippen molar-refractivity contribution < 1.29 is 17.7 Å². The Labute approximate surface area is 222 Å². The summed E-state index contributed by atoms with van der Waals surface area (Å²) in [5, 5.41) is 1.17. The maximum absolute atomic E-state index is 6.58. The van der Waals surface area contributed by atoms with Crippen molar-refractivity contribution >= 4 is 30.4 Å². The molecule has 0 aliphatic rings. The van der Waals surface area contributed by atoms with Gasteiger partial charge in [-0.3, -0.25) is 0 Å². The van der Waals surface area contributed by atoms with Gasteiger partial charge in [-0.1, -0.05) is 42.5 Å². The van der Waals surface area contributed by atoms with Crippen LogP contribution in [0.3, 0.4) is 0 Å². The summed E-state index contributed by atoms with van der Waals surface area (Å²) >= 11 is 0. The molecule has 0 atom stereocenters. The van der Waals surface area contributed by atoms with Crippen molar-refractivity contribution in [2.24, 2.45) is 0 Å². The third kappa shape index (κ3) is 9.71. The third-order valence-corrected chi connectivity index (χ3v) is 14.6. The predicted molar refractivity (Wildman–Crippen MR) is 161 cm³/mol. The van der Waals surface area contributed by atoms with Gasteiger partial charge in [0.25, 0.3) is 0 Å². The average molecular weight is 541 g/mol. The van der Waals surface area contributed by atoms with Gasteiger partial charge in [0, 0.05) is 0 Å². The van der Waals surface area contributed by atoms with Crippen molar-refractivity contribution in [1.29, 1.82) is 0 Å². The van der Waals surface area contributed by atoms with Gasteiger partial charge in [-0.05, 0) is 111 Å². The fourth-order valence-electron chi connectivity index (χ4n) is 4.10. The minimum Gasteiger partial charge on any atom is -0.497 e. The van der Waals surface area contributed by atoms with Crippen LogP contribution in [0.15, 0.2) is 66.7 Å². The van der Waals surface area contributed by atoms with Gasteiger partial charge in [-0.25, -0.2) is 0 Å². The summed E-state index contributed by atoms with van der Waals surface area (Å²) in [4.78, 5) is 0. The molecule has 0 bridgehead atoms. The number of aryl methyl sites for hydroxylation is 2. The highest BCUT2D eigenvalue weighted by Crippen LogP contribution is 2.26. The molecule has 3 aromatic rings. The zero-order valence-corrected chi connectivity index (χ0v) is 27.0. The SMILES string of the molecule is COc1cc(C)cc(-c2ccccc2)c1.COc1cc(C)cc([Si](C)(O[Si](C)(C)C)O[Si](C)(C)C)c1. The summed E-state index contributed by atoms with van der Waals surface area (Å²) in [5.74, 6) is 1.79. The Morgan fingerprint density at radius 3 is 1.47 bits per heavy atom. The van der Waals surface area contributed by atoms with Gasteiger partial charge in [-0.2, -0.15) is 0 Å². The molecule has 36 heavy (non-hydrogen) atoms. The molecule has 0 unspecified atom stereocenters. The van der Waals surface area contributed by atoms with E-state index in [1.165, 1.54) is 27.4 Å². The van der Waals surface area contributed by atoms with E-state index in [-0.39, 0.29) is 0 Å². The Morgan fingerprint density at radius 2 is 1.00 bits per heavy atom.